The molecule has 2 aliphatic rings. The van der Waals surface area contributed by atoms with Crippen LogP contribution in [-0.2, 0) is 9.53 Å². The Kier molecular flexibility index (Phi) is 6.94. The molecule has 2 amide bonds. The third-order valence-electron chi connectivity index (χ3n) is 5.82. The van der Waals surface area contributed by atoms with Crippen LogP contribution < -0.4 is 4.74 Å². The van der Waals surface area contributed by atoms with Crippen molar-refractivity contribution in [3.63, 3.8) is 0 Å². The lowest BCUT2D eigenvalue weighted by Crippen LogP contribution is -2.42. The lowest BCUT2D eigenvalue weighted by atomic mass is 10.0. The number of amides is 2. The van der Waals surface area contributed by atoms with Crippen LogP contribution in [0.15, 0.2) is 30.5 Å². The summed E-state index contributed by atoms with van der Waals surface area (Å²) >= 11 is 0. The maximum absolute atomic E-state index is 13.1. The van der Waals surface area contributed by atoms with Crippen LogP contribution in [0.2, 0.25) is 0 Å². The van der Waals surface area contributed by atoms with Gasteiger partial charge >= 0.3 is 0 Å². The average Bonchev–Trinajstić information content (AvgIpc) is 2.83. The highest BCUT2D eigenvalue weighted by Gasteiger charge is 2.31. The molecule has 1 aromatic heterocycles. The van der Waals surface area contributed by atoms with Gasteiger partial charge in [-0.1, -0.05) is 0 Å². The van der Waals surface area contributed by atoms with Gasteiger partial charge in [0.25, 0.3) is 11.8 Å². The van der Waals surface area contributed by atoms with E-state index >= 15 is 0 Å². The number of ether oxygens (including phenoxy) is 2. The number of piperidine rings is 1. The largest absolute Gasteiger partial charge is 0.484 e. The number of hydrogen-bond donors (Lipinski definition) is 0. The molecule has 0 bridgehead atoms. The maximum Gasteiger partial charge on any atom is 0.261 e. The Morgan fingerprint density at radius 1 is 1.16 bits per heavy atom. The summed E-state index contributed by atoms with van der Waals surface area (Å²) in [6, 6.07) is 5.30. The molecule has 1 aromatic carbocycles. The van der Waals surface area contributed by atoms with Crippen LogP contribution in [0.5, 0.6) is 5.75 Å². The highest BCUT2D eigenvalue weighted by atomic mass is 19.1. The standard InChI is InChI=1S/C23H27FN4O4/c1-16-19(23(30)27-10-12-31-13-11-27)14-25-22(26-16)20-4-2-3-9-28(20)21(29)15-32-18-7-5-17(24)6-8-18/h5-8,14,20H,2-4,9-13,15H2,1H3/t20-/m0/s1. The first-order chi connectivity index (χ1) is 15.5. The van der Waals surface area contributed by atoms with E-state index in [1.807, 2.05) is 0 Å². The Labute approximate surface area is 186 Å². The molecule has 1 atom stereocenters. The van der Waals surface area contributed by atoms with Gasteiger partial charge in [-0.15, -0.1) is 0 Å². The van der Waals surface area contributed by atoms with Crippen molar-refractivity contribution in [2.45, 2.75) is 32.2 Å². The van der Waals surface area contributed by atoms with Crippen LogP contribution in [0.25, 0.3) is 0 Å². The molecule has 2 saturated heterocycles. The van der Waals surface area contributed by atoms with Crippen molar-refractivity contribution in [3.05, 3.63) is 53.4 Å². The molecule has 2 fully saturated rings. The third kappa shape index (κ3) is 5.04. The summed E-state index contributed by atoms with van der Waals surface area (Å²) in [5.74, 6) is 0.348. The number of halogens is 1. The summed E-state index contributed by atoms with van der Waals surface area (Å²) in [7, 11) is 0. The Bertz CT molecular complexity index is 963. The van der Waals surface area contributed by atoms with E-state index in [9.17, 15) is 14.0 Å². The van der Waals surface area contributed by atoms with Gasteiger partial charge < -0.3 is 19.3 Å². The summed E-state index contributed by atoms with van der Waals surface area (Å²) in [6.07, 6.45) is 4.18. The second kappa shape index (κ2) is 10.0. The molecule has 0 spiro atoms. The molecule has 0 N–H and O–H groups in total. The molecule has 0 radical (unpaired) electrons. The summed E-state index contributed by atoms with van der Waals surface area (Å²) in [4.78, 5) is 38.3. The number of hydrogen-bond acceptors (Lipinski definition) is 6. The van der Waals surface area contributed by atoms with E-state index in [2.05, 4.69) is 9.97 Å². The predicted molar refractivity (Wildman–Crippen MR) is 114 cm³/mol. The molecule has 0 saturated carbocycles. The van der Waals surface area contributed by atoms with Gasteiger partial charge in [0, 0.05) is 25.8 Å². The Hall–Kier alpha value is -3.07. The lowest BCUT2D eigenvalue weighted by molar-refractivity contribution is -0.137. The van der Waals surface area contributed by atoms with E-state index in [4.69, 9.17) is 9.47 Å². The number of likely N-dealkylation sites (tertiary alicyclic amines) is 1. The number of aromatic nitrogens is 2. The minimum absolute atomic E-state index is 0.0957. The molecule has 4 rings (SSSR count). The summed E-state index contributed by atoms with van der Waals surface area (Å²) in [5, 5.41) is 0. The molecule has 9 heteroatoms. The van der Waals surface area contributed by atoms with Gasteiger partial charge in [-0.2, -0.15) is 0 Å². The molecule has 32 heavy (non-hydrogen) atoms. The Morgan fingerprint density at radius 3 is 2.62 bits per heavy atom. The third-order valence-corrected chi connectivity index (χ3v) is 5.82. The van der Waals surface area contributed by atoms with E-state index in [-0.39, 0.29) is 30.3 Å². The number of carbonyl (C=O) groups excluding carboxylic acids is 2. The van der Waals surface area contributed by atoms with Gasteiger partial charge in [0.15, 0.2) is 12.4 Å². The van der Waals surface area contributed by atoms with E-state index in [0.717, 1.165) is 19.3 Å². The zero-order chi connectivity index (χ0) is 22.5. The van der Waals surface area contributed by atoms with Crippen LogP contribution in [-0.4, -0.2) is 71.0 Å². The van der Waals surface area contributed by atoms with E-state index < -0.39 is 0 Å². The molecule has 170 valence electrons. The van der Waals surface area contributed by atoms with Crippen LogP contribution >= 0.6 is 0 Å². The second-order valence-corrected chi connectivity index (χ2v) is 7.97. The maximum atomic E-state index is 13.1. The number of rotatable bonds is 5. The van der Waals surface area contributed by atoms with Gasteiger partial charge in [0.2, 0.25) is 0 Å². The van der Waals surface area contributed by atoms with E-state index in [0.29, 0.717) is 55.7 Å². The Balaban J connectivity index is 1.45. The molecule has 0 aliphatic carbocycles. The first-order valence-corrected chi connectivity index (χ1v) is 10.9. The highest BCUT2D eigenvalue weighted by Crippen LogP contribution is 2.29. The summed E-state index contributed by atoms with van der Waals surface area (Å²) in [5.41, 5.74) is 1.08. The lowest BCUT2D eigenvalue weighted by Gasteiger charge is -2.35. The fourth-order valence-electron chi connectivity index (χ4n) is 4.05. The minimum Gasteiger partial charge on any atom is -0.484 e. The van der Waals surface area contributed by atoms with Crippen molar-refractivity contribution in [2.24, 2.45) is 0 Å². The number of benzene rings is 1. The summed E-state index contributed by atoms with van der Waals surface area (Å²) < 4.78 is 23.9. The molecular formula is C23H27FN4O4. The predicted octanol–water partition coefficient (Wildman–Crippen LogP) is 2.53. The zero-order valence-corrected chi connectivity index (χ0v) is 18.1. The number of morpholine rings is 1. The van der Waals surface area contributed by atoms with Gasteiger partial charge in [0.05, 0.1) is 30.5 Å². The molecule has 2 aliphatic heterocycles. The van der Waals surface area contributed by atoms with Crippen molar-refractivity contribution in [1.82, 2.24) is 19.8 Å². The number of aryl methyl sites for hydroxylation is 1. The van der Waals surface area contributed by atoms with E-state index in [1.54, 1.807) is 22.9 Å². The quantitative estimate of drug-likeness (QED) is 0.708. The van der Waals surface area contributed by atoms with Crippen molar-refractivity contribution in [3.8, 4) is 5.75 Å². The fourth-order valence-corrected chi connectivity index (χ4v) is 4.05. The van der Waals surface area contributed by atoms with Gasteiger partial charge in [-0.3, -0.25) is 9.59 Å². The van der Waals surface area contributed by atoms with Crippen molar-refractivity contribution in [2.75, 3.05) is 39.5 Å². The van der Waals surface area contributed by atoms with E-state index in [1.165, 1.54) is 24.3 Å². The van der Waals surface area contributed by atoms with Crippen molar-refractivity contribution >= 4 is 11.8 Å². The first-order valence-electron chi connectivity index (χ1n) is 10.9. The molecule has 0 unspecified atom stereocenters. The van der Waals surface area contributed by atoms with Gasteiger partial charge in [-0.05, 0) is 50.5 Å². The van der Waals surface area contributed by atoms with Crippen molar-refractivity contribution in [1.29, 1.82) is 0 Å². The molecular weight excluding hydrogens is 415 g/mol. The van der Waals surface area contributed by atoms with Crippen LogP contribution in [0.1, 0.15) is 47.2 Å². The molecule has 8 nitrogen and oxygen atoms in total. The minimum atomic E-state index is -0.358. The monoisotopic (exact) mass is 442 g/mol. The highest BCUT2D eigenvalue weighted by molar-refractivity contribution is 5.95. The normalized spacial score (nSPS) is 19.0. The fraction of sp³-hybridized carbons (Fsp3) is 0.478. The SMILES string of the molecule is Cc1nc([C@@H]2CCCCN2C(=O)COc2ccc(F)cc2)ncc1C(=O)N1CCOCC1. The van der Waals surface area contributed by atoms with Crippen molar-refractivity contribution < 1.29 is 23.5 Å². The van der Waals surface area contributed by atoms with Crippen LogP contribution in [0.4, 0.5) is 4.39 Å². The number of carbonyl (C=O) groups is 2. The summed E-state index contributed by atoms with van der Waals surface area (Å²) in [6.45, 7) is 4.41. The second-order valence-electron chi connectivity index (χ2n) is 7.97. The van der Waals surface area contributed by atoms with Gasteiger partial charge in [-0.25, -0.2) is 14.4 Å². The van der Waals surface area contributed by atoms with Gasteiger partial charge in [0.1, 0.15) is 11.6 Å². The van der Waals surface area contributed by atoms with Crippen LogP contribution in [0, 0.1) is 12.7 Å². The topological polar surface area (TPSA) is 84.9 Å². The molecule has 2 aromatic rings. The first kappa shape index (κ1) is 22.1. The average molecular weight is 442 g/mol. The molecule has 3 heterocycles. The zero-order valence-electron chi connectivity index (χ0n) is 18.1. The van der Waals surface area contributed by atoms with Crippen LogP contribution in [0.3, 0.4) is 0 Å². The smallest absolute Gasteiger partial charge is 0.261 e. The number of nitrogens with zero attached hydrogens (tertiary/aromatic N) is 4. The Morgan fingerprint density at radius 2 is 1.91 bits per heavy atom.